The molecule has 1 atom stereocenters. The van der Waals surface area contributed by atoms with Crippen LogP contribution in [0.4, 0.5) is 5.69 Å². The molecule has 1 N–H and O–H groups in total. The molecule has 0 radical (unpaired) electrons. The maximum atomic E-state index is 4.47. The fraction of sp³-hybridized carbons (Fsp3) is 0.308. The first kappa shape index (κ1) is 12.8. The third kappa shape index (κ3) is 3.19. The van der Waals surface area contributed by atoms with Crippen molar-refractivity contribution >= 4 is 39.6 Å². The van der Waals surface area contributed by atoms with Crippen molar-refractivity contribution in [1.29, 1.82) is 0 Å². The summed E-state index contributed by atoms with van der Waals surface area (Å²) in [7, 11) is 0. The minimum absolute atomic E-state index is 0.305. The molecule has 0 aliphatic heterocycles. The van der Waals surface area contributed by atoms with E-state index in [1.54, 1.807) is 11.3 Å². The average molecular weight is 358 g/mol. The first-order valence-electron chi connectivity index (χ1n) is 5.52. The number of thiazole rings is 1. The Morgan fingerprint density at radius 1 is 1.35 bits per heavy atom. The smallest absolute Gasteiger partial charge is 0.0900 e. The number of nitrogens with zero attached hydrogens (tertiary/aromatic N) is 1. The van der Waals surface area contributed by atoms with Crippen molar-refractivity contribution in [1.82, 2.24) is 4.98 Å². The van der Waals surface area contributed by atoms with Crippen molar-refractivity contribution in [3.05, 3.63) is 43.4 Å². The number of aryl methyl sites for hydroxylation is 2. The largest absolute Gasteiger partial charge is 0.378 e. The second-order valence-corrected chi connectivity index (χ2v) is 6.54. The van der Waals surface area contributed by atoms with E-state index in [9.17, 15) is 0 Å². The molecule has 0 spiro atoms. The van der Waals surface area contributed by atoms with Crippen LogP contribution < -0.4 is 5.32 Å². The molecule has 4 heteroatoms. The van der Waals surface area contributed by atoms with Gasteiger partial charge < -0.3 is 5.32 Å². The van der Waals surface area contributed by atoms with E-state index in [1.165, 1.54) is 8.45 Å². The van der Waals surface area contributed by atoms with Crippen LogP contribution in [0.5, 0.6) is 0 Å². The molecule has 0 aliphatic carbocycles. The van der Waals surface area contributed by atoms with Gasteiger partial charge in [-0.05, 0) is 61.6 Å². The normalized spacial score (nSPS) is 12.5. The quantitative estimate of drug-likeness (QED) is 0.815. The number of hydrogen-bond donors (Lipinski definition) is 1. The number of benzene rings is 1. The minimum atomic E-state index is 0.305. The lowest BCUT2D eigenvalue weighted by molar-refractivity contribution is 0.889. The first-order chi connectivity index (χ1) is 8.06. The highest BCUT2D eigenvalue weighted by molar-refractivity contribution is 14.1. The number of hydrogen-bond acceptors (Lipinski definition) is 3. The van der Waals surface area contributed by atoms with Gasteiger partial charge in [-0.15, -0.1) is 11.3 Å². The highest BCUT2D eigenvalue weighted by Crippen LogP contribution is 2.27. The van der Waals surface area contributed by atoms with E-state index in [4.69, 9.17) is 0 Å². The zero-order chi connectivity index (χ0) is 12.4. The van der Waals surface area contributed by atoms with Crippen molar-refractivity contribution in [2.24, 2.45) is 0 Å². The summed E-state index contributed by atoms with van der Waals surface area (Å²) < 4.78 is 1.25. The van der Waals surface area contributed by atoms with Gasteiger partial charge in [0.05, 0.1) is 16.7 Å². The third-order valence-corrected chi connectivity index (χ3v) is 4.47. The molecule has 1 aromatic carbocycles. The SMILES string of the molecule is Cc1nc(C)c(C(C)Nc2cccc(I)c2)s1. The molecule has 0 bridgehead atoms. The van der Waals surface area contributed by atoms with Gasteiger partial charge in [-0.25, -0.2) is 4.98 Å². The summed E-state index contributed by atoms with van der Waals surface area (Å²) in [5.41, 5.74) is 2.30. The highest BCUT2D eigenvalue weighted by atomic mass is 127. The van der Waals surface area contributed by atoms with E-state index in [0.717, 1.165) is 16.4 Å². The van der Waals surface area contributed by atoms with E-state index in [-0.39, 0.29) is 0 Å². The predicted molar refractivity (Wildman–Crippen MR) is 82.8 cm³/mol. The van der Waals surface area contributed by atoms with Crippen LogP contribution in [0, 0.1) is 17.4 Å². The lowest BCUT2D eigenvalue weighted by Gasteiger charge is -2.14. The second-order valence-electron chi connectivity index (χ2n) is 4.06. The highest BCUT2D eigenvalue weighted by Gasteiger charge is 2.12. The van der Waals surface area contributed by atoms with Crippen LogP contribution >= 0.6 is 33.9 Å². The number of nitrogens with one attached hydrogen (secondary N) is 1. The number of rotatable bonds is 3. The summed E-state index contributed by atoms with van der Waals surface area (Å²) >= 11 is 4.10. The Morgan fingerprint density at radius 3 is 2.71 bits per heavy atom. The lowest BCUT2D eigenvalue weighted by atomic mass is 10.2. The van der Waals surface area contributed by atoms with Gasteiger partial charge >= 0.3 is 0 Å². The monoisotopic (exact) mass is 358 g/mol. The molecule has 90 valence electrons. The maximum Gasteiger partial charge on any atom is 0.0900 e. The van der Waals surface area contributed by atoms with Crippen molar-refractivity contribution in [2.75, 3.05) is 5.32 Å². The Bertz CT molecular complexity index is 522. The Kier molecular flexibility index (Phi) is 4.04. The zero-order valence-corrected chi connectivity index (χ0v) is 13.1. The van der Waals surface area contributed by atoms with Gasteiger partial charge in [0.25, 0.3) is 0 Å². The molecular weight excluding hydrogens is 343 g/mol. The number of anilines is 1. The fourth-order valence-electron chi connectivity index (χ4n) is 1.84. The molecule has 2 rings (SSSR count). The molecule has 1 heterocycles. The summed E-state index contributed by atoms with van der Waals surface area (Å²) in [4.78, 5) is 5.79. The molecule has 0 aliphatic rings. The Hall–Kier alpha value is -0.620. The van der Waals surface area contributed by atoms with Gasteiger partial charge in [0, 0.05) is 14.1 Å². The average Bonchev–Trinajstić information content (AvgIpc) is 2.58. The summed E-state index contributed by atoms with van der Waals surface area (Å²) in [6.45, 7) is 6.31. The topological polar surface area (TPSA) is 24.9 Å². The third-order valence-electron chi connectivity index (χ3n) is 2.54. The molecule has 17 heavy (non-hydrogen) atoms. The zero-order valence-electron chi connectivity index (χ0n) is 10.1. The Balaban J connectivity index is 2.16. The van der Waals surface area contributed by atoms with Crippen LogP contribution in [0.15, 0.2) is 24.3 Å². The van der Waals surface area contributed by atoms with Gasteiger partial charge in [-0.2, -0.15) is 0 Å². The van der Waals surface area contributed by atoms with Crippen molar-refractivity contribution in [3.63, 3.8) is 0 Å². The maximum absolute atomic E-state index is 4.47. The van der Waals surface area contributed by atoms with Gasteiger partial charge in [-0.1, -0.05) is 6.07 Å². The van der Waals surface area contributed by atoms with Crippen LogP contribution in [-0.4, -0.2) is 4.98 Å². The fourth-order valence-corrected chi connectivity index (χ4v) is 3.32. The summed E-state index contributed by atoms with van der Waals surface area (Å²) in [5, 5.41) is 4.65. The second kappa shape index (κ2) is 5.35. The summed E-state index contributed by atoms with van der Waals surface area (Å²) in [5.74, 6) is 0. The van der Waals surface area contributed by atoms with E-state index in [1.807, 2.05) is 0 Å². The molecule has 0 saturated heterocycles. The van der Waals surface area contributed by atoms with Gasteiger partial charge in [0.15, 0.2) is 0 Å². The van der Waals surface area contributed by atoms with Crippen LogP contribution in [0.3, 0.4) is 0 Å². The molecule has 2 aromatic rings. The van der Waals surface area contributed by atoms with Crippen LogP contribution in [-0.2, 0) is 0 Å². The van der Waals surface area contributed by atoms with Crippen molar-refractivity contribution < 1.29 is 0 Å². The standard InChI is InChI=1S/C13H15IN2S/c1-8-13(17-10(3)15-8)9(2)16-12-6-4-5-11(14)7-12/h4-7,9,16H,1-3H3. The molecule has 0 saturated carbocycles. The first-order valence-corrected chi connectivity index (χ1v) is 7.42. The van der Waals surface area contributed by atoms with Crippen LogP contribution in [0.25, 0.3) is 0 Å². The Labute approximate surface area is 120 Å². The molecular formula is C13H15IN2S. The molecule has 2 nitrogen and oxygen atoms in total. The van der Waals surface area contributed by atoms with Crippen LogP contribution in [0.1, 0.15) is 28.5 Å². The predicted octanol–water partition coefficient (Wildman–Crippen LogP) is 4.54. The van der Waals surface area contributed by atoms with Crippen molar-refractivity contribution in [3.8, 4) is 0 Å². The summed E-state index contributed by atoms with van der Waals surface area (Å²) in [6.07, 6.45) is 0. The molecule has 1 unspecified atom stereocenters. The molecule has 0 fully saturated rings. The van der Waals surface area contributed by atoms with E-state index in [0.29, 0.717) is 6.04 Å². The number of halogens is 1. The van der Waals surface area contributed by atoms with Gasteiger partial charge in [-0.3, -0.25) is 0 Å². The van der Waals surface area contributed by atoms with Crippen molar-refractivity contribution in [2.45, 2.75) is 26.8 Å². The van der Waals surface area contributed by atoms with Crippen LogP contribution in [0.2, 0.25) is 0 Å². The number of aromatic nitrogens is 1. The van der Waals surface area contributed by atoms with Gasteiger partial charge in [0.1, 0.15) is 0 Å². The Morgan fingerprint density at radius 2 is 2.12 bits per heavy atom. The van der Waals surface area contributed by atoms with E-state index < -0.39 is 0 Å². The van der Waals surface area contributed by atoms with Gasteiger partial charge in [0.2, 0.25) is 0 Å². The molecule has 0 amide bonds. The van der Waals surface area contributed by atoms with E-state index >= 15 is 0 Å². The lowest BCUT2D eigenvalue weighted by Crippen LogP contribution is -2.06. The minimum Gasteiger partial charge on any atom is -0.378 e. The summed E-state index contributed by atoms with van der Waals surface area (Å²) in [6, 6.07) is 8.72. The molecule has 1 aromatic heterocycles. The van der Waals surface area contributed by atoms with E-state index in [2.05, 4.69) is 77.9 Å².